The number of pyridine rings is 1. The van der Waals surface area contributed by atoms with Crippen LogP contribution in [0.4, 0.5) is 0 Å². The predicted octanol–water partition coefficient (Wildman–Crippen LogP) is -1.26. The molecule has 0 N–H and O–H groups in total. The third-order valence-electron chi connectivity index (χ3n) is 3.71. The molecule has 2 aromatic carbocycles. The van der Waals surface area contributed by atoms with Crippen LogP contribution in [0.5, 0.6) is 0 Å². The summed E-state index contributed by atoms with van der Waals surface area (Å²) in [5.74, 6) is 0. The number of para-hydroxylation sites is 1. The van der Waals surface area contributed by atoms with Gasteiger partial charge in [-0.2, -0.15) is 0 Å². The molecule has 23 heavy (non-hydrogen) atoms. The molecule has 1 heterocycles. The molecule has 0 saturated carbocycles. The molecule has 3 aromatic rings. The molecule has 1 radical (unpaired) electrons. The van der Waals surface area contributed by atoms with Crippen molar-refractivity contribution in [1.29, 1.82) is 0 Å². The van der Waals surface area contributed by atoms with Gasteiger partial charge in [0.25, 0.3) is 0 Å². The quantitative estimate of drug-likeness (QED) is 0.261. The molecule has 0 bridgehead atoms. The Hall–Kier alpha value is -0.211. The SMILES string of the molecule is Cc1cc([Si](C)(C)Br)c[c-]1-c1cccc2cccnc12.[Cl-].[Cl-].[Cr+3]. The fourth-order valence-corrected chi connectivity index (χ4v) is 4.31. The molecule has 1 nitrogen and oxygen atoms in total. The topological polar surface area (TPSA) is 12.9 Å². The average molecular weight is 466 g/mol. The monoisotopic (exact) mass is 464 g/mol. The van der Waals surface area contributed by atoms with Gasteiger partial charge in [-0.3, -0.25) is 4.98 Å². The maximum Gasteiger partial charge on any atom is 3.00 e. The summed E-state index contributed by atoms with van der Waals surface area (Å²) >= 11 is 3.88. The molecular formula is C17H17BrCl2CrNSi. The number of halogens is 3. The number of hydrogen-bond acceptors (Lipinski definition) is 1. The normalized spacial score (nSPS) is 10.4. The minimum absolute atomic E-state index is 0. The second kappa shape index (κ2) is 8.76. The molecule has 0 spiro atoms. The van der Waals surface area contributed by atoms with E-state index < -0.39 is 6.69 Å². The Kier molecular flexibility index (Phi) is 8.68. The van der Waals surface area contributed by atoms with Gasteiger partial charge in [-0.25, -0.2) is 0 Å². The Labute approximate surface area is 169 Å². The van der Waals surface area contributed by atoms with Crippen LogP contribution in [0, 0.1) is 6.92 Å². The zero-order chi connectivity index (χ0) is 14.3. The van der Waals surface area contributed by atoms with Gasteiger partial charge >= 0.3 is 17.4 Å². The van der Waals surface area contributed by atoms with Crippen LogP contribution < -0.4 is 30.0 Å². The van der Waals surface area contributed by atoms with Crippen molar-refractivity contribution in [1.82, 2.24) is 4.98 Å². The summed E-state index contributed by atoms with van der Waals surface area (Å²) in [6.07, 6.45) is 1.87. The summed E-state index contributed by atoms with van der Waals surface area (Å²) in [4.78, 5) is 4.57. The van der Waals surface area contributed by atoms with Crippen molar-refractivity contribution in [2.75, 3.05) is 0 Å². The van der Waals surface area contributed by atoms with Crippen molar-refractivity contribution < 1.29 is 42.2 Å². The number of fused-ring (bicyclic) bond motifs is 1. The van der Waals surface area contributed by atoms with Gasteiger partial charge in [0.05, 0.1) is 0 Å². The Morgan fingerprint density at radius 2 is 1.74 bits per heavy atom. The zero-order valence-corrected chi connectivity index (χ0v) is 18.5. The molecule has 121 valence electrons. The van der Waals surface area contributed by atoms with Gasteiger partial charge in [-0.05, 0) is 11.5 Å². The third kappa shape index (κ3) is 4.66. The van der Waals surface area contributed by atoms with Gasteiger partial charge in [-0.1, -0.05) is 49.3 Å². The van der Waals surface area contributed by atoms with Crippen molar-refractivity contribution in [3.05, 3.63) is 54.2 Å². The van der Waals surface area contributed by atoms with Crippen LogP contribution in [0.1, 0.15) is 5.56 Å². The zero-order valence-electron chi connectivity index (χ0n) is 13.1. The molecule has 0 amide bonds. The van der Waals surface area contributed by atoms with Crippen LogP contribution in [0.25, 0.3) is 22.0 Å². The van der Waals surface area contributed by atoms with E-state index >= 15 is 0 Å². The summed E-state index contributed by atoms with van der Waals surface area (Å²) in [5, 5.41) is 2.64. The largest absolute Gasteiger partial charge is 3.00 e. The van der Waals surface area contributed by atoms with Gasteiger partial charge < -0.3 is 24.8 Å². The fourth-order valence-electron chi connectivity index (χ4n) is 2.58. The number of aryl methyl sites for hydroxylation is 1. The fraction of sp³-hybridized carbons (Fsp3) is 0.176. The first-order valence-corrected chi connectivity index (χ1v) is 12.0. The number of aromatic nitrogens is 1. The summed E-state index contributed by atoms with van der Waals surface area (Å²) in [6, 6.07) is 15.2. The summed E-state index contributed by atoms with van der Waals surface area (Å²) in [7, 11) is 0. The molecule has 0 atom stereocenters. The van der Waals surface area contributed by atoms with Crippen molar-refractivity contribution in [2.45, 2.75) is 20.0 Å². The number of rotatable bonds is 2. The van der Waals surface area contributed by atoms with Crippen molar-refractivity contribution in [3.8, 4) is 11.1 Å². The van der Waals surface area contributed by atoms with E-state index in [1.54, 1.807) is 0 Å². The molecule has 0 aliphatic carbocycles. The van der Waals surface area contributed by atoms with Gasteiger partial charge in [-0.15, -0.1) is 44.2 Å². The molecule has 1 aromatic heterocycles. The van der Waals surface area contributed by atoms with E-state index in [-0.39, 0.29) is 42.2 Å². The van der Waals surface area contributed by atoms with Crippen LogP contribution in [0.15, 0.2) is 48.7 Å². The van der Waals surface area contributed by atoms with Crippen LogP contribution in [-0.4, -0.2) is 11.7 Å². The first kappa shape index (κ1) is 22.8. The van der Waals surface area contributed by atoms with Crippen LogP contribution in [0.2, 0.25) is 13.1 Å². The predicted molar refractivity (Wildman–Crippen MR) is 93.6 cm³/mol. The van der Waals surface area contributed by atoms with E-state index in [1.807, 2.05) is 12.3 Å². The Morgan fingerprint density at radius 3 is 2.35 bits per heavy atom. The van der Waals surface area contributed by atoms with Crippen molar-refractivity contribution >= 4 is 38.1 Å². The Balaban J connectivity index is 0.00000161. The standard InChI is InChI=1S/C17H17BrNSi.2ClH.Cr/c1-12-10-14(20(2,3)18)11-16(12)15-8-4-6-13-7-5-9-19-17(13)15;;;/h4-11H,1-3H3;2*1H;/q-1;;;+3/p-2. The van der Waals surface area contributed by atoms with Crippen molar-refractivity contribution in [2.24, 2.45) is 0 Å². The molecule has 0 fully saturated rings. The molecule has 6 heteroatoms. The van der Waals surface area contributed by atoms with E-state index in [0.29, 0.717) is 0 Å². The first-order valence-electron chi connectivity index (χ1n) is 6.77. The molecule has 0 aliphatic heterocycles. The minimum Gasteiger partial charge on any atom is -1.00 e. The Bertz CT molecular complexity index is 778. The van der Waals surface area contributed by atoms with Gasteiger partial charge in [0.15, 0.2) is 0 Å². The van der Waals surface area contributed by atoms with E-state index in [1.165, 1.54) is 27.3 Å². The van der Waals surface area contributed by atoms with E-state index in [4.69, 9.17) is 0 Å². The molecule has 0 saturated heterocycles. The number of nitrogens with zero attached hydrogens (tertiary/aromatic N) is 1. The molecule has 3 rings (SSSR count). The first-order chi connectivity index (χ1) is 9.47. The van der Waals surface area contributed by atoms with Gasteiger partial charge in [0.1, 0.15) is 6.69 Å². The summed E-state index contributed by atoms with van der Waals surface area (Å²) in [6.45, 7) is 5.36. The average Bonchev–Trinajstić information content (AvgIpc) is 2.80. The van der Waals surface area contributed by atoms with Crippen molar-refractivity contribution in [3.63, 3.8) is 0 Å². The van der Waals surface area contributed by atoms with E-state index in [9.17, 15) is 0 Å². The molecular weight excluding hydrogens is 449 g/mol. The maximum atomic E-state index is 4.57. The second-order valence-electron chi connectivity index (χ2n) is 5.69. The number of benzene rings is 1. The van der Waals surface area contributed by atoms with Crippen LogP contribution >= 0.6 is 15.3 Å². The smallest absolute Gasteiger partial charge is 1.00 e. The minimum atomic E-state index is -1.45. The third-order valence-corrected chi connectivity index (χ3v) is 6.74. The maximum absolute atomic E-state index is 4.57. The van der Waals surface area contributed by atoms with E-state index in [0.717, 1.165) is 5.52 Å². The van der Waals surface area contributed by atoms with Gasteiger partial charge in [0.2, 0.25) is 0 Å². The van der Waals surface area contributed by atoms with Crippen LogP contribution in [-0.2, 0) is 17.4 Å². The Morgan fingerprint density at radius 1 is 1.09 bits per heavy atom. The number of hydrogen-bond donors (Lipinski definition) is 0. The van der Waals surface area contributed by atoms with E-state index in [2.05, 4.69) is 76.7 Å². The summed E-state index contributed by atoms with van der Waals surface area (Å²) in [5.41, 5.74) is 4.96. The summed E-state index contributed by atoms with van der Waals surface area (Å²) < 4.78 is 0. The van der Waals surface area contributed by atoms with Gasteiger partial charge in [0, 0.05) is 11.7 Å². The van der Waals surface area contributed by atoms with Crippen LogP contribution in [0.3, 0.4) is 0 Å². The second-order valence-corrected chi connectivity index (χ2v) is 15.2. The molecule has 0 unspecified atom stereocenters. The molecule has 0 aliphatic rings.